The Bertz CT molecular complexity index is 752. The summed E-state index contributed by atoms with van der Waals surface area (Å²) in [6.07, 6.45) is 3.71. The van der Waals surface area contributed by atoms with Crippen LogP contribution in [0.5, 0.6) is 0 Å². The number of nitrogens with one attached hydrogen (secondary N) is 1. The normalized spacial score (nSPS) is 18.6. The van der Waals surface area contributed by atoms with E-state index in [4.69, 9.17) is 0 Å². The Hall–Kier alpha value is -2.36. The molecular formula is C20H25N3O. The number of hydrogen-bond acceptors (Lipinski definition) is 3. The van der Waals surface area contributed by atoms with Crippen LogP contribution in [0.2, 0.25) is 0 Å². The van der Waals surface area contributed by atoms with Crippen molar-refractivity contribution in [3.8, 4) is 0 Å². The Morgan fingerprint density at radius 3 is 2.75 bits per heavy atom. The van der Waals surface area contributed by atoms with E-state index in [0.29, 0.717) is 5.56 Å². The first kappa shape index (κ1) is 16.5. The third-order valence-corrected chi connectivity index (χ3v) is 4.89. The van der Waals surface area contributed by atoms with Gasteiger partial charge in [-0.05, 0) is 41.5 Å². The van der Waals surface area contributed by atoms with Crippen LogP contribution in [-0.4, -0.2) is 25.0 Å². The SMILES string of the molecule is CN(C)c1cc(C(=O)N[C@@H]2CCC(C)(C)c3ccccc32)ccn1. The molecule has 0 unspecified atom stereocenters. The average molecular weight is 323 g/mol. The first-order chi connectivity index (χ1) is 11.4. The molecule has 1 aromatic heterocycles. The van der Waals surface area contributed by atoms with E-state index in [1.54, 1.807) is 12.3 Å². The van der Waals surface area contributed by atoms with Gasteiger partial charge in [-0.1, -0.05) is 38.1 Å². The Morgan fingerprint density at radius 1 is 1.25 bits per heavy atom. The predicted molar refractivity (Wildman–Crippen MR) is 97.5 cm³/mol. The van der Waals surface area contributed by atoms with Crippen molar-refractivity contribution in [2.75, 3.05) is 19.0 Å². The quantitative estimate of drug-likeness (QED) is 0.937. The van der Waals surface area contributed by atoms with Gasteiger partial charge in [0.15, 0.2) is 0 Å². The minimum Gasteiger partial charge on any atom is -0.363 e. The number of hydrogen-bond donors (Lipinski definition) is 1. The van der Waals surface area contributed by atoms with Crippen molar-refractivity contribution in [2.24, 2.45) is 0 Å². The van der Waals surface area contributed by atoms with Gasteiger partial charge in [0, 0.05) is 25.9 Å². The van der Waals surface area contributed by atoms with Crippen LogP contribution in [0.1, 0.15) is 54.2 Å². The fraction of sp³-hybridized carbons (Fsp3) is 0.400. The van der Waals surface area contributed by atoms with Gasteiger partial charge in [-0.3, -0.25) is 4.79 Å². The van der Waals surface area contributed by atoms with E-state index in [0.717, 1.165) is 18.7 Å². The zero-order chi connectivity index (χ0) is 17.3. The number of benzene rings is 1. The zero-order valence-electron chi connectivity index (χ0n) is 14.8. The van der Waals surface area contributed by atoms with Crippen LogP contribution in [0.25, 0.3) is 0 Å². The van der Waals surface area contributed by atoms with Gasteiger partial charge in [-0.15, -0.1) is 0 Å². The van der Waals surface area contributed by atoms with Crippen LogP contribution in [0.3, 0.4) is 0 Å². The Morgan fingerprint density at radius 2 is 2.00 bits per heavy atom. The molecule has 3 rings (SSSR count). The van der Waals surface area contributed by atoms with Crippen molar-refractivity contribution in [2.45, 2.75) is 38.1 Å². The summed E-state index contributed by atoms with van der Waals surface area (Å²) in [4.78, 5) is 18.9. The number of nitrogens with zero attached hydrogens (tertiary/aromatic N) is 2. The van der Waals surface area contributed by atoms with Crippen LogP contribution < -0.4 is 10.2 Å². The van der Waals surface area contributed by atoms with Crippen molar-refractivity contribution in [3.63, 3.8) is 0 Å². The molecule has 1 N–H and O–H groups in total. The summed E-state index contributed by atoms with van der Waals surface area (Å²) in [6, 6.07) is 12.1. The third-order valence-electron chi connectivity index (χ3n) is 4.89. The summed E-state index contributed by atoms with van der Waals surface area (Å²) in [5.74, 6) is 0.743. The van der Waals surface area contributed by atoms with Crippen molar-refractivity contribution < 1.29 is 4.79 Å². The molecule has 1 aliphatic carbocycles. The molecule has 1 amide bonds. The Kier molecular flexibility index (Phi) is 4.31. The molecule has 0 spiro atoms. The number of amides is 1. The van der Waals surface area contributed by atoms with Crippen LogP contribution >= 0.6 is 0 Å². The lowest BCUT2D eigenvalue weighted by molar-refractivity contribution is 0.0929. The first-order valence-electron chi connectivity index (χ1n) is 8.42. The third kappa shape index (κ3) is 3.14. The number of fused-ring (bicyclic) bond motifs is 1. The van der Waals surface area contributed by atoms with E-state index in [-0.39, 0.29) is 17.4 Å². The topological polar surface area (TPSA) is 45.2 Å². The molecule has 1 atom stereocenters. The molecule has 126 valence electrons. The first-order valence-corrected chi connectivity index (χ1v) is 8.42. The van der Waals surface area contributed by atoms with Crippen LogP contribution in [0.4, 0.5) is 5.82 Å². The highest BCUT2D eigenvalue weighted by Crippen LogP contribution is 2.41. The average Bonchev–Trinajstić information content (AvgIpc) is 2.58. The lowest BCUT2D eigenvalue weighted by Crippen LogP contribution is -2.35. The van der Waals surface area contributed by atoms with E-state index in [2.05, 4.69) is 48.4 Å². The lowest BCUT2D eigenvalue weighted by atomic mass is 9.71. The van der Waals surface area contributed by atoms with Crippen molar-refractivity contribution >= 4 is 11.7 Å². The highest BCUT2D eigenvalue weighted by atomic mass is 16.1. The molecule has 0 radical (unpaired) electrons. The largest absolute Gasteiger partial charge is 0.363 e. The van der Waals surface area contributed by atoms with Gasteiger partial charge in [0.25, 0.3) is 5.91 Å². The van der Waals surface area contributed by atoms with Gasteiger partial charge >= 0.3 is 0 Å². The molecule has 0 fully saturated rings. The number of pyridine rings is 1. The van der Waals surface area contributed by atoms with Crippen LogP contribution in [-0.2, 0) is 5.41 Å². The fourth-order valence-corrected chi connectivity index (χ4v) is 3.41. The number of carbonyl (C=O) groups excluding carboxylic acids is 1. The molecule has 0 bridgehead atoms. The number of anilines is 1. The molecule has 0 saturated carbocycles. The molecule has 24 heavy (non-hydrogen) atoms. The highest BCUT2D eigenvalue weighted by molar-refractivity contribution is 5.95. The predicted octanol–water partition coefficient (Wildman–Crippen LogP) is 3.69. The summed E-state index contributed by atoms with van der Waals surface area (Å²) in [5.41, 5.74) is 3.39. The van der Waals surface area contributed by atoms with E-state index in [9.17, 15) is 4.79 Å². The maximum atomic E-state index is 12.7. The maximum absolute atomic E-state index is 12.7. The van der Waals surface area contributed by atoms with Gasteiger partial charge in [0.05, 0.1) is 6.04 Å². The van der Waals surface area contributed by atoms with E-state index in [1.807, 2.05) is 25.1 Å². The molecule has 0 saturated heterocycles. The van der Waals surface area contributed by atoms with Crippen LogP contribution in [0, 0.1) is 0 Å². The van der Waals surface area contributed by atoms with Gasteiger partial charge in [0.1, 0.15) is 5.82 Å². The standard InChI is InChI=1S/C20H25N3O/c1-20(2)11-9-17(15-7-5-6-8-16(15)20)22-19(24)14-10-12-21-18(13-14)23(3)4/h5-8,10,12-13,17H,9,11H2,1-4H3,(H,22,24)/t17-/m1/s1. The molecule has 0 aliphatic heterocycles. The van der Waals surface area contributed by atoms with Crippen molar-refractivity contribution in [1.82, 2.24) is 10.3 Å². The number of aromatic nitrogens is 1. The van der Waals surface area contributed by atoms with Crippen molar-refractivity contribution in [3.05, 3.63) is 59.3 Å². The monoisotopic (exact) mass is 323 g/mol. The number of carbonyl (C=O) groups is 1. The van der Waals surface area contributed by atoms with E-state index in [1.165, 1.54) is 11.1 Å². The Balaban J connectivity index is 1.84. The van der Waals surface area contributed by atoms with Gasteiger partial charge in [-0.25, -0.2) is 4.98 Å². The minimum atomic E-state index is -0.0417. The summed E-state index contributed by atoms with van der Waals surface area (Å²) in [5, 5.41) is 3.21. The molecule has 4 heteroatoms. The summed E-state index contributed by atoms with van der Waals surface area (Å²) < 4.78 is 0. The second-order valence-corrected chi connectivity index (χ2v) is 7.33. The lowest BCUT2D eigenvalue weighted by Gasteiger charge is -2.37. The maximum Gasteiger partial charge on any atom is 0.251 e. The highest BCUT2D eigenvalue weighted by Gasteiger charge is 2.33. The van der Waals surface area contributed by atoms with Crippen molar-refractivity contribution in [1.29, 1.82) is 0 Å². The second-order valence-electron chi connectivity index (χ2n) is 7.33. The molecule has 1 aliphatic rings. The molecule has 2 aromatic rings. The molecule has 4 nitrogen and oxygen atoms in total. The zero-order valence-corrected chi connectivity index (χ0v) is 14.8. The number of rotatable bonds is 3. The van der Waals surface area contributed by atoms with E-state index >= 15 is 0 Å². The van der Waals surface area contributed by atoms with Gasteiger partial charge in [0.2, 0.25) is 0 Å². The second kappa shape index (κ2) is 6.27. The van der Waals surface area contributed by atoms with Gasteiger partial charge in [-0.2, -0.15) is 0 Å². The summed E-state index contributed by atoms with van der Waals surface area (Å²) in [7, 11) is 3.84. The molecule has 1 heterocycles. The molecule has 1 aromatic carbocycles. The summed E-state index contributed by atoms with van der Waals surface area (Å²) >= 11 is 0. The summed E-state index contributed by atoms with van der Waals surface area (Å²) in [6.45, 7) is 4.55. The van der Waals surface area contributed by atoms with Crippen LogP contribution in [0.15, 0.2) is 42.6 Å². The smallest absolute Gasteiger partial charge is 0.251 e. The van der Waals surface area contributed by atoms with E-state index < -0.39 is 0 Å². The minimum absolute atomic E-state index is 0.0417. The Labute approximate surface area is 143 Å². The fourth-order valence-electron chi connectivity index (χ4n) is 3.41. The van der Waals surface area contributed by atoms with Gasteiger partial charge < -0.3 is 10.2 Å². The molecular weight excluding hydrogens is 298 g/mol.